The Hall–Kier alpha value is -1.12. The summed E-state index contributed by atoms with van der Waals surface area (Å²) in [5.41, 5.74) is 1.95. The van der Waals surface area contributed by atoms with Gasteiger partial charge in [0.25, 0.3) is 5.91 Å². The molecule has 0 aromatic heterocycles. The molecule has 0 aromatic rings. The summed E-state index contributed by atoms with van der Waals surface area (Å²) in [6.45, 7) is 0. The van der Waals surface area contributed by atoms with E-state index in [4.69, 9.17) is 0 Å². The van der Waals surface area contributed by atoms with Crippen molar-refractivity contribution in [2.45, 2.75) is 32.1 Å². The zero-order valence-electron chi connectivity index (χ0n) is 6.85. The molecule has 0 aromatic carbocycles. The van der Waals surface area contributed by atoms with Gasteiger partial charge in [-0.25, -0.2) is 0 Å². The van der Waals surface area contributed by atoms with Gasteiger partial charge in [-0.15, -0.1) is 0 Å². The molecule has 1 heterocycles. The second kappa shape index (κ2) is 2.73. The fourth-order valence-electron chi connectivity index (χ4n) is 1.88. The van der Waals surface area contributed by atoms with Crippen LogP contribution in [-0.2, 0) is 9.59 Å². The van der Waals surface area contributed by atoms with Crippen LogP contribution in [-0.4, -0.2) is 11.8 Å². The number of imide groups is 1. The van der Waals surface area contributed by atoms with Crippen LogP contribution in [0.4, 0.5) is 0 Å². The normalized spacial score (nSPS) is 23.7. The molecule has 0 atom stereocenters. The summed E-state index contributed by atoms with van der Waals surface area (Å²) < 4.78 is 0. The Labute approximate surface area is 70.8 Å². The van der Waals surface area contributed by atoms with Gasteiger partial charge in [0.15, 0.2) is 0 Å². The fourth-order valence-corrected chi connectivity index (χ4v) is 1.88. The van der Waals surface area contributed by atoms with Gasteiger partial charge in [-0.2, -0.15) is 0 Å². The number of rotatable bonds is 0. The molecule has 0 saturated heterocycles. The predicted molar refractivity (Wildman–Crippen MR) is 43.3 cm³/mol. The number of nitrogens with one attached hydrogen (secondary N) is 1. The predicted octanol–water partition coefficient (Wildman–Crippen LogP) is 0.903. The van der Waals surface area contributed by atoms with Crippen molar-refractivity contribution in [2.24, 2.45) is 0 Å². The average Bonchev–Trinajstić information content (AvgIpc) is 2.04. The molecule has 0 unspecified atom stereocenters. The lowest BCUT2D eigenvalue weighted by Gasteiger charge is -2.23. The summed E-state index contributed by atoms with van der Waals surface area (Å²) in [5.74, 6) is -0.290. The smallest absolute Gasteiger partial charge is 0.253 e. The van der Waals surface area contributed by atoms with Crippen LogP contribution >= 0.6 is 0 Å². The van der Waals surface area contributed by atoms with Crippen LogP contribution in [0.3, 0.4) is 0 Å². The topological polar surface area (TPSA) is 46.2 Å². The van der Waals surface area contributed by atoms with Gasteiger partial charge in [0, 0.05) is 12.0 Å². The number of hydrogen-bond acceptors (Lipinski definition) is 2. The van der Waals surface area contributed by atoms with E-state index in [2.05, 4.69) is 5.32 Å². The van der Waals surface area contributed by atoms with Crippen molar-refractivity contribution in [3.8, 4) is 0 Å². The van der Waals surface area contributed by atoms with Crippen LogP contribution < -0.4 is 5.32 Å². The minimum atomic E-state index is -0.152. The van der Waals surface area contributed by atoms with Gasteiger partial charge in [-0.05, 0) is 25.7 Å². The quantitative estimate of drug-likeness (QED) is 0.542. The number of hydrogen-bond donors (Lipinski definition) is 1. The van der Waals surface area contributed by atoms with E-state index in [1.54, 1.807) is 0 Å². The second-order valence-electron chi connectivity index (χ2n) is 3.34. The van der Waals surface area contributed by atoms with Crippen LogP contribution in [0, 0.1) is 0 Å². The third kappa shape index (κ3) is 1.15. The fraction of sp³-hybridized carbons (Fsp3) is 0.556. The van der Waals surface area contributed by atoms with Gasteiger partial charge in [-0.1, -0.05) is 5.57 Å². The molecule has 0 saturated carbocycles. The molecule has 0 spiro atoms. The Balaban J connectivity index is 2.32. The molecule has 3 nitrogen and oxygen atoms in total. The summed E-state index contributed by atoms with van der Waals surface area (Å²) in [4.78, 5) is 22.2. The molecular weight excluding hydrogens is 154 g/mol. The lowest BCUT2D eigenvalue weighted by molar-refractivity contribution is -0.129. The highest BCUT2D eigenvalue weighted by molar-refractivity contribution is 6.08. The maximum atomic E-state index is 11.2. The SMILES string of the molecule is O=C1CC2=C(CCCC2)C(=O)N1. The second-order valence-corrected chi connectivity index (χ2v) is 3.34. The van der Waals surface area contributed by atoms with Crippen molar-refractivity contribution in [1.29, 1.82) is 0 Å². The van der Waals surface area contributed by atoms with Gasteiger partial charge >= 0.3 is 0 Å². The highest BCUT2D eigenvalue weighted by Gasteiger charge is 2.26. The maximum absolute atomic E-state index is 11.2. The highest BCUT2D eigenvalue weighted by Crippen LogP contribution is 2.29. The van der Waals surface area contributed by atoms with Crippen molar-refractivity contribution >= 4 is 11.8 Å². The molecule has 1 N–H and O–H groups in total. The number of carbonyl (C=O) groups excluding carboxylic acids is 2. The number of amides is 2. The van der Waals surface area contributed by atoms with E-state index in [1.165, 1.54) is 0 Å². The first-order chi connectivity index (χ1) is 5.77. The van der Waals surface area contributed by atoms with E-state index in [0.29, 0.717) is 6.42 Å². The molecule has 1 aliphatic heterocycles. The van der Waals surface area contributed by atoms with Crippen LogP contribution in [0.2, 0.25) is 0 Å². The molecular formula is C9H11NO2. The van der Waals surface area contributed by atoms with Crippen molar-refractivity contribution in [3.05, 3.63) is 11.1 Å². The molecule has 0 fully saturated rings. The lowest BCUT2D eigenvalue weighted by Crippen LogP contribution is -2.37. The van der Waals surface area contributed by atoms with Crippen LogP contribution in [0.15, 0.2) is 11.1 Å². The highest BCUT2D eigenvalue weighted by atomic mass is 16.2. The first kappa shape index (κ1) is 7.53. The van der Waals surface area contributed by atoms with E-state index in [9.17, 15) is 9.59 Å². The summed E-state index contributed by atoms with van der Waals surface area (Å²) in [7, 11) is 0. The largest absolute Gasteiger partial charge is 0.292 e. The summed E-state index contributed by atoms with van der Waals surface area (Å²) in [6.07, 6.45) is 4.45. The molecule has 3 heteroatoms. The Morgan fingerprint density at radius 2 is 1.83 bits per heavy atom. The monoisotopic (exact) mass is 165 g/mol. The Bertz CT molecular complexity index is 278. The molecule has 0 bridgehead atoms. The van der Waals surface area contributed by atoms with Crippen LogP contribution in [0.1, 0.15) is 32.1 Å². The standard InChI is InChI=1S/C9H11NO2/c11-8-5-6-3-1-2-4-7(6)9(12)10-8/h1-5H2,(H,10,11,12). The summed E-state index contributed by atoms with van der Waals surface area (Å²) >= 11 is 0. The van der Waals surface area contributed by atoms with E-state index < -0.39 is 0 Å². The first-order valence-electron chi connectivity index (χ1n) is 4.32. The molecule has 2 aliphatic rings. The molecule has 12 heavy (non-hydrogen) atoms. The Kier molecular flexibility index (Phi) is 1.71. The summed E-state index contributed by atoms with van der Waals surface area (Å²) in [6, 6.07) is 0. The molecule has 2 amide bonds. The van der Waals surface area contributed by atoms with E-state index in [0.717, 1.165) is 36.8 Å². The van der Waals surface area contributed by atoms with Crippen molar-refractivity contribution < 1.29 is 9.59 Å². The van der Waals surface area contributed by atoms with Gasteiger partial charge in [0.1, 0.15) is 0 Å². The van der Waals surface area contributed by atoms with Crippen molar-refractivity contribution in [3.63, 3.8) is 0 Å². The minimum absolute atomic E-state index is 0.138. The lowest BCUT2D eigenvalue weighted by atomic mass is 9.87. The first-order valence-corrected chi connectivity index (χ1v) is 4.32. The molecule has 1 aliphatic carbocycles. The van der Waals surface area contributed by atoms with E-state index in [-0.39, 0.29) is 11.8 Å². The average molecular weight is 165 g/mol. The zero-order valence-corrected chi connectivity index (χ0v) is 6.85. The van der Waals surface area contributed by atoms with Crippen molar-refractivity contribution in [1.82, 2.24) is 5.32 Å². The number of carbonyl (C=O) groups is 2. The van der Waals surface area contributed by atoms with Crippen molar-refractivity contribution in [2.75, 3.05) is 0 Å². The minimum Gasteiger partial charge on any atom is -0.292 e. The molecule has 0 radical (unpaired) electrons. The maximum Gasteiger partial charge on any atom is 0.253 e. The molecule has 64 valence electrons. The zero-order chi connectivity index (χ0) is 8.55. The van der Waals surface area contributed by atoms with Crippen LogP contribution in [0.5, 0.6) is 0 Å². The Morgan fingerprint density at radius 1 is 1.08 bits per heavy atom. The van der Waals surface area contributed by atoms with Gasteiger partial charge in [0.2, 0.25) is 5.91 Å². The van der Waals surface area contributed by atoms with E-state index in [1.807, 2.05) is 0 Å². The third-order valence-corrected chi connectivity index (χ3v) is 2.48. The van der Waals surface area contributed by atoms with Gasteiger partial charge in [0.05, 0.1) is 0 Å². The van der Waals surface area contributed by atoms with E-state index >= 15 is 0 Å². The Morgan fingerprint density at radius 3 is 2.67 bits per heavy atom. The summed E-state index contributed by atoms with van der Waals surface area (Å²) in [5, 5.41) is 2.34. The van der Waals surface area contributed by atoms with Gasteiger partial charge in [-0.3, -0.25) is 14.9 Å². The van der Waals surface area contributed by atoms with Gasteiger partial charge < -0.3 is 0 Å². The van der Waals surface area contributed by atoms with Crippen LogP contribution in [0.25, 0.3) is 0 Å². The molecule has 2 rings (SSSR count). The third-order valence-electron chi connectivity index (χ3n) is 2.48.